The van der Waals surface area contributed by atoms with Gasteiger partial charge in [0.2, 0.25) is 5.91 Å². The van der Waals surface area contributed by atoms with E-state index in [1.54, 1.807) is 47.6 Å². The summed E-state index contributed by atoms with van der Waals surface area (Å²) in [5.41, 5.74) is 0. The Morgan fingerprint density at radius 1 is 1.21 bits per heavy atom. The van der Waals surface area contributed by atoms with E-state index in [1.807, 2.05) is 0 Å². The fraction of sp³-hybridized carbons (Fsp3) is 0.412. The molecule has 0 spiro atoms. The summed E-state index contributed by atoms with van der Waals surface area (Å²) in [6, 6.07) is 8.28. The van der Waals surface area contributed by atoms with Gasteiger partial charge in [-0.1, -0.05) is 18.2 Å². The van der Waals surface area contributed by atoms with Gasteiger partial charge >= 0.3 is 0 Å². The van der Waals surface area contributed by atoms with Crippen molar-refractivity contribution in [3.05, 3.63) is 48.5 Å². The van der Waals surface area contributed by atoms with E-state index in [9.17, 15) is 13.2 Å². The summed E-state index contributed by atoms with van der Waals surface area (Å²) in [5, 5.41) is 0. The van der Waals surface area contributed by atoms with Crippen LogP contribution in [0.4, 0.5) is 0 Å². The van der Waals surface area contributed by atoms with Crippen LogP contribution in [-0.2, 0) is 14.6 Å². The van der Waals surface area contributed by atoms with Crippen LogP contribution in [0.25, 0.3) is 0 Å². The summed E-state index contributed by atoms with van der Waals surface area (Å²) < 4.78 is 24.5. The second-order valence-corrected chi connectivity index (χ2v) is 8.12. The molecule has 128 valence electrons. The van der Waals surface area contributed by atoms with Gasteiger partial charge in [0.15, 0.2) is 9.84 Å². The molecule has 2 heterocycles. The maximum absolute atomic E-state index is 12.3. The number of hydrogen-bond donors (Lipinski definition) is 1. The zero-order valence-corrected chi connectivity index (χ0v) is 14.2. The van der Waals surface area contributed by atoms with Gasteiger partial charge in [0, 0.05) is 37.8 Å². The van der Waals surface area contributed by atoms with E-state index in [-0.39, 0.29) is 23.0 Å². The van der Waals surface area contributed by atoms with Gasteiger partial charge in [-0.2, -0.15) is 0 Å². The number of imidazole rings is 1. The van der Waals surface area contributed by atoms with E-state index < -0.39 is 9.84 Å². The summed E-state index contributed by atoms with van der Waals surface area (Å²) in [6.07, 6.45) is 5.28. The lowest BCUT2D eigenvalue weighted by Gasteiger charge is -2.31. The number of aromatic amines is 1. The number of likely N-dealkylation sites (tertiary alicyclic amines) is 1. The van der Waals surface area contributed by atoms with Gasteiger partial charge in [0.1, 0.15) is 5.82 Å². The van der Waals surface area contributed by atoms with Crippen LogP contribution in [0.15, 0.2) is 47.6 Å². The quantitative estimate of drug-likeness (QED) is 0.896. The highest BCUT2D eigenvalue weighted by molar-refractivity contribution is 7.91. The minimum atomic E-state index is -3.40. The van der Waals surface area contributed by atoms with Crippen molar-refractivity contribution < 1.29 is 13.2 Å². The monoisotopic (exact) mass is 347 g/mol. The summed E-state index contributed by atoms with van der Waals surface area (Å²) in [4.78, 5) is 21.7. The van der Waals surface area contributed by atoms with E-state index in [1.165, 1.54) is 0 Å². The van der Waals surface area contributed by atoms with Gasteiger partial charge in [-0.05, 0) is 25.0 Å². The molecular weight excluding hydrogens is 326 g/mol. The molecule has 0 saturated carbocycles. The molecule has 3 rings (SSSR count). The van der Waals surface area contributed by atoms with Crippen LogP contribution >= 0.6 is 0 Å². The number of sulfone groups is 1. The molecular formula is C17H21N3O3S. The smallest absolute Gasteiger partial charge is 0.223 e. The number of piperidine rings is 1. The zero-order chi connectivity index (χ0) is 17.0. The number of carbonyl (C=O) groups is 1. The van der Waals surface area contributed by atoms with Gasteiger partial charge in [0.05, 0.1) is 10.6 Å². The Hall–Kier alpha value is -2.15. The third kappa shape index (κ3) is 3.84. The number of hydrogen-bond acceptors (Lipinski definition) is 4. The Bertz CT molecular complexity index is 765. The Labute approximate surface area is 141 Å². The Kier molecular flexibility index (Phi) is 4.99. The molecule has 2 aromatic rings. The van der Waals surface area contributed by atoms with E-state index in [4.69, 9.17) is 0 Å². The topological polar surface area (TPSA) is 83.1 Å². The summed E-state index contributed by atoms with van der Waals surface area (Å²) in [7, 11) is -3.40. The minimum Gasteiger partial charge on any atom is -0.348 e. The first kappa shape index (κ1) is 16.7. The maximum Gasteiger partial charge on any atom is 0.223 e. The molecule has 1 saturated heterocycles. The van der Waals surface area contributed by atoms with Crippen molar-refractivity contribution in [2.75, 3.05) is 18.8 Å². The molecule has 24 heavy (non-hydrogen) atoms. The molecule has 1 aliphatic heterocycles. The first-order valence-corrected chi connectivity index (χ1v) is 9.76. The second kappa shape index (κ2) is 7.17. The van der Waals surface area contributed by atoms with Gasteiger partial charge in [-0.3, -0.25) is 4.79 Å². The van der Waals surface area contributed by atoms with Crippen LogP contribution in [0.5, 0.6) is 0 Å². The Balaban J connectivity index is 1.51. The van der Waals surface area contributed by atoms with Crippen LogP contribution in [0.3, 0.4) is 0 Å². The van der Waals surface area contributed by atoms with Crippen LogP contribution in [-0.4, -0.2) is 48.0 Å². The summed E-state index contributed by atoms with van der Waals surface area (Å²) in [5.74, 6) is 1.08. The van der Waals surface area contributed by atoms with Crippen LogP contribution < -0.4 is 0 Å². The van der Waals surface area contributed by atoms with Crippen molar-refractivity contribution >= 4 is 15.7 Å². The van der Waals surface area contributed by atoms with Crippen LogP contribution in [0, 0.1) is 0 Å². The molecule has 7 heteroatoms. The van der Waals surface area contributed by atoms with E-state index in [0.717, 1.165) is 18.7 Å². The third-order valence-electron chi connectivity index (χ3n) is 4.44. The van der Waals surface area contributed by atoms with E-state index in [0.29, 0.717) is 19.0 Å². The first-order chi connectivity index (χ1) is 11.6. The third-order valence-corrected chi connectivity index (χ3v) is 6.17. The molecule has 1 fully saturated rings. The second-order valence-electron chi connectivity index (χ2n) is 6.01. The molecule has 0 bridgehead atoms. The molecule has 1 aromatic carbocycles. The Morgan fingerprint density at radius 2 is 1.92 bits per heavy atom. The fourth-order valence-corrected chi connectivity index (χ4v) is 4.28. The number of nitrogens with one attached hydrogen (secondary N) is 1. The van der Waals surface area contributed by atoms with Gasteiger partial charge in [-0.15, -0.1) is 0 Å². The number of nitrogens with zero attached hydrogens (tertiary/aromatic N) is 2. The van der Waals surface area contributed by atoms with Crippen molar-refractivity contribution in [1.29, 1.82) is 0 Å². The van der Waals surface area contributed by atoms with Crippen LogP contribution in [0.2, 0.25) is 0 Å². The zero-order valence-electron chi connectivity index (χ0n) is 13.4. The normalized spacial score (nSPS) is 16.2. The van der Waals surface area contributed by atoms with Crippen molar-refractivity contribution in [2.45, 2.75) is 30.1 Å². The average Bonchev–Trinajstić information content (AvgIpc) is 3.15. The number of benzene rings is 1. The minimum absolute atomic E-state index is 0.0304. The lowest BCUT2D eigenvalue weighted by Crippen LogP contribution is -2.38. The molecule has 1 aromatic heterocycles. The number of amides is 1. The largest absolute Gasteiger partial charge is 0.348 e. The maximum atomic E-state index is 12.3. The molecule has 0 radical (unpaired) electrons. The SMILES string of the molecule is O=C(CCS(=O)(=O)c1ccccc1)N1CCC(c2ncc[nH]2)CC1. The lowest BCUT2D eigenvalue weighted by atomic mass is 9.96. The number of aromatic nitrogens is 2. The van der Waals surface area contributed by atoms with Crippen molar-refractivity contribution in [2.24, 2.45) is 0 Å². The standard InChI is InChI=1S/C17H21N3O3S/c21-16(8-13-24(22,23)15-4-2-1-3-5-15)20-11-6-14(7-12-20)17-18-9-10-19-17/h1-5,9-10,14H,6-8,11-13H2,(H,18,19). The van der Waals surface area contributed by atoms with Gasteiger partial charge in [0.25, 0.3) is 0 Å². The molecule has 0 atom stereocenters. The highest BCUT2D eigenvalue weighted by Gasteiger charge is 2.26. The molecule has 1 N–H and O–H groups in total. The highest BCUT2D eigenvalue weighted by Crippen LogP contribution is 2.25. The van der Waals surface area contributed by atoms with Crippen molar-refractivity contribution in [3.63, 3.8) is 0 Å². The van der Waals surface area contributed by atoms with Gasteiger partial charge < -0.3 is 9.88 Å². The van der Waals surface area contributed by atoms with Crippen molar-refractivity contribution in [3.8, 4) is 0 Å². The number of carbonyl (C=O) groups excluding carboxylic acids is 1. The average molecular weight is 347 g/mol. The lowest BCUT2D eigenvalue weighted by molar-refractivity contribution is -0.131. The number of rotatable bonds is 5. The molecule has 6 nitrogen and oxygen atoms in total. The van der Waals surface area contributed by atoms with E-state index in [2.05, 4.69) is 9.97 Å². The van der Waals surface area contributed by atoms with Crippen molar-refractivity contribution in [1.82, 2.24) is 14.9 Å². The molecule has 0 unspecified atom stereocenters. The van der Waals surface area contributed by atoms with Crippen LogP contribution in [0.1, 0.15) is 31.0 Å². The number of H-pyrrole nitrogens is 1. The molecule has 1 aliphatic rings. The van der Waals surface area contributed by atoms with Gasteiger partial charge in [-0.25, -0.2) is 13.4 Å². The summed E-state index contributed by atoms with van der Waals surface area (Å²) >= 11 is 0. The molecule has 0 aliphatic carbocycles. The highest BCUT2D eigenvalue weighted by atomic mass is 32.2. The molecule has 1 amide bonds. The fourth-order valence-electron chi connectivity index (χ4n) is 3.03. The summed E-state index contributed by atoms with van der Waals surface area (Å²) in [6.45, 7) is 1.30. The first-order valence-electron chi connectivity index (χ1n) is 8.11. The predicted molar refractivity (Wildman–Crippen MR) is 90.3 cm³/mol. The predicted octanol–water partition coefficient (Wildman–Crippen LogP) is 1.98. The van der Waals surface area contributed by atoms with E-state index >= 15 is 0 Å². The Morgan fingerprint density at radius 3 is 2.54 bits per heavy atom.